The predicted molar refractivity (Wildman–Crippen MR) is 131 cm³/mol. The Bertz CT molecular complexity index is 1280. The molecule has 0 saturated carbocycles. The standard InChI is InChI=1S/C23H23BrClN3O5/c1-5-6-20-27-18-8-7-15(24)11-16(18)22(29)28(20)26-12-14-9-17(25)21(19(10-14)31-3)33-13(2)23(30)32-4/h7-13H,5-6H2,1-4H3/t13-/m0/s1. The number of methoxy groups -OCH3 is 2. The van der Waals surface area contributed by atoms with Crippen molar-refractivity contribution in [2.75, 3.05) is 14.2 Å². The lowest BCUT2D eigenvalue weighted by molar-refractivity contribution is -0.147. The molecule has 0 spiro atoms. The van der Waals surface area contributed by atoms with Crippen LogP contribution >= 0.6 is 27.5 Å². The summed E-state index contributed by atoms with van der Waals surface area (Å²) in [7, 11) is 2.73. The Morgan fingerprint density at radius 3 is 2.73 bits per heavy atom. The summed E-state index contributed by atoms with van der Waals surface area (Å²) in [5, 5.41) is 5.07. The number of nitrogens with zero attached hydrogens (tertiary/aromatic N) is 3. The molecule has 33 heavy (non-hydrogen) atoms. The second-order valence-corrected chi connectivity index (χ2v) is 8.44. The largest absolute Gasteiger partial charge is 0.493 e. The molecule has 0 N–H and O–H groups in total. The summed E-state index contributed by atoms with van der Waals surface area (Å²) in [5.74, 6) is 0.521. The smallest absolute Gasteiger partial charge is 0.346 e. The molecule has 0 unspecified atom stereocenters. The van der Waals surface area contributed by atoms with Crippen LogP contribution in [0.5, 0.6) is 11.5 Å². The maximum atomic E-state index is 13.1. The lowest BCUT2D eigenvalue weighted by atomic mass is 10.2. The minimum atomic E-state index is -0.876. The van der Waals surface area contributed by atoms with Crippen molar-refractivity contribution in [2.24, 2.45) is 5.10 Å². The van der Waals surface area contributed by atoms with E-state index in [0.717, 1.165) is 10.9 Å². The van der Waals surface area contributed by atoms with Crippen molar-refractivity contribution in [3.05, 3.63) is 61.6 Å². The SMILES string of the molecule is CCCc1nc2ccc(Br)cc2c(=O)n1N=Cc1cc(Cl)c(O[C@@H](C)C(=O)OC)c(OC)c1. The Morgan fingerprint density at radius 2 is 2.06 bits per heavy atom. The van der Waals surface area contributed by atoms with Gasteiger partial charge in [0.2, 0.25) is 0 Å². The van der Waals surface area contributed by atoms with Crippen LogP contribution in [0.3, 0.4) is 0 Å². The fraction of sp³-hybridized carbons (Fsp3) is 0.304. The molecule has 0 aliphatic rings. The zero-order valence-corrected chi connectivity index (χ0v) is 20.9. The van der Waals surface area contributed by atoms with Gasteiger partial charge in [-0.3, -0.25) is 4.79 Å². The van der Waals surface area contributed by atoms with Crippen LogP contribution in [0.2, 0.25) is 5.02 Å². The molecule has 2 aromatic carbocycles. The summed E-state index contributed by atoms with van der Waals surface area (Å²) in [6.45, 7) is 3.55. The van der Waals surface area contributed by atoms with Gasteiger partial charge < -0.3 is 14.2 Å². The fourth-order valence-electron chi connectivity index (χ4n) is 3.14. The van der Waals surface area contributed by atoms with Gasteiger partial charge in [-0.05, 0) is 49.2 Å². The molecule has 8 nitrogen and oxygen atoms in total. The molecule has 0 aliphatic carbocycles. The maximum absolute atomic E-state index is 13.1. The Kier molecular flexibility index (Phi) is 8.10. The van der Waals surface area contributed by atoms with E-state index in [-0.39, 0.29) is 16.3 Å². The lowest BCUT2D eigenvalue weighted by Crippen LogP contribution is -2.25. The molecular weight excluding hydrogens is 514 g/mol. The van der Waals surface area contributed by atoms with Crippen LogP contribution in [-0.2, 0) is 16.0 Å². The number of aryl methyl sites for hydroxylation is 1. The Balaban J connectivity index is 2.03. The van der Waals surface area contributed by atoms with Gasteiger partial charge in [-0.25, -0.2) is 9.78 Å². The molecule has 0 saturated heterocycles. The molecule has 10 heteroatoms. The molecule has 0 radical (unpaired) electrons. The van der Waals surface area contributed by atoms with Crippen LogP contribution in [0.15, 0.2) is 44.7 Å². The number of benzene rings is 2. The lowest BCUT2D eigenvalue weighted by Gasteiger charge is -2.17. The van der Waals surface area contributed by atoms with Crippen molar-refractivity contribution in [3.63, 3.8) is 0 Å². The first kappa shape index (κ1) is 24.7. The molecule has 0 fully saturated rings. The van der Waals surface area contributed by atoms with Gasteiger partial charge in [-0.2, -0.15) is 9.78 Å². The molecular formula is C23H23BrClN3O5. The van der Waals surface area contributed by atoms with Crippen LogP contribution in [-0.4, -0.2) is 42.2 Å². The van der Waals surface area contributed by atoms with E-state index in [9.17, 15) is 9.59 Å². The number of fused-ring (bicyclic) bond motifs is 1. The van der Waals surface area contributed by atoms with Crippen LogP contribution in [0, 0.1) is 0 Å². The van der Waals surface area contributed by atoms with Crippen molar-refractivity contribution in [3.8, 4) is 11.5 Å². The first-order valence-electron chi connectivity index (χ1n) is 10.2. The Morgan fingerprint density at radius 1 is 1.30 bits per heavy atom. The predicted octanol–water partition coefficient (Wildman–Crippen LogP) is 4.60. The van der Waals surface area contributed by atoms with Crippen LogP contribution < -0.4 is 15.0 Å². The van der Waals surface area contributed by atoms with Gasteiger partial charge in [0.1, 0.15) is 5.82 Å². The molecule has 3 rings (SSSR count). The normalized spacial score (nSPS) is 12.2. The number of hydrogen-bond donors (Lipinski definition) is 0. The number of esters is 1. The summed E-state index contributed by atoms with van der Waals surface area (Å²) < 4.78 is 17.8. The highest BCUT2D eigenvalue weighted by atomic mass is 79.9. The molecule has 174 valence electrons. The fourth-order valence-corrected chi connectivity index (χ4v) is 3.77. The topological polar surface area (TPSA) is 92.0 Å². The van der Waals surface area contributed by atoms with E-state index in [1.54, 1.807) is 31.2 Å². The molecule has 1 atom stereocenters. The number of rotatable bonds is 8. The number of hydrogen-bond acceptors (Lipinski definition) is 7. The van der Waals surface area contributed by atoms with Gasteiger partial charge in [0.25, 0.3) is 5.56 Å². The summed E-state index contributed by atoms with van der Waals surface area (Å²) >= 11 is 9.78. The quantitative estimate of drug-likeness (QED) is 0.309. The van der Waals surface area contributed by atoms with Gasteiger partial charge >= 0.3 is 5.97 Å². The summed E-state index contributed by atoms with van der Waals surface area (Å²) in [5.41, 5.74) is 0.911. The van der Waals surface area contributed by atoms with Crippen molar-refractivity contribution < 1.29 is 19.0 Å². The number of carbonyl (C=O) groups is 1. The third-order valence-corrected chi connectivity index (χ3v) is 5.52. The van der Waals surface area contributed by atoms with E-state index < -0.39 is 12.1 Å². The van der Waals surface area contributed by atoms with Crippen molar-refractivity contribution >= 4 is 50.6 Å². The summed E-state index contributed by atoms with van der Waals surface area (Å²) in [6, 6.07) is 8.61. The molecule has 0 aliphatic heterocycles. The highest BCUT2D eigenvalue weighted by Crippen LogP contribution is 2.37. The van der Waals surface area contributed by atoms with Crippen molar-refractivity contribution in [1.29, 1.82) is 0 Å². The second kappa shape index (κ2) is 10.8. The zero-order chi connectivity index (χ0) is 24.1. The van der Waals surface area contributed by atoms with Gasteiger partial charge in [0.05, 0.1) is 36.4 Å². The Hall–Kier alpha value is -2.91. The second-order valence-electron chi connectivity index (χ2n) is 7.12. The van der Waals surface area contributed by atoms with E-state index in [1.165, 1.54) is 25.1 Å². The first-order chi connectivity index (χ1) is 15.8. The van der Waals surface area contributed by atoms with Crippen LogP contribution in [0.1, 0.15) is 31.7 Å². The molecule has 1 heterocycles. The number of carbonyl (C=O) groups excluding carboxylic acids is 1. The van der Waals surface area contributed by atoms with Crippen LogP contribution in [0.4, 0.5) is 0 Å². The monoisotopic (exact) mass is 535 g/mol. The summed E-state index contributed by atoms with van der Waals surface area (Å²) in [4.78, 5) is 29.4. The minimum Gasteiger partial charge on any atom is -0.493 e. The third kappa shape index (κ3) is 5.54. The Labute approximate surface area is 204 Å². The van der Waals surface area contributed by atoms with Crippen LogP contribution in [0.25, 0.3) is 10.9 Å². The molecule has 0 amide bonds. The number of halogens is 2. The van der Waals surface area contributed by atoms with E-state index in [2.05, 4.69) is 30.8 Å². The average molecular weight is 537 g/mol. The zero-order valence-electron chi connectivity index (χ0n) is 18.6. The summed E-state index contributed by atoms with van der Waals surface area (Å²) in [6.07, 6.45) is 2.00. The van der Waals surface area contributed by atoms with Gasteiger partial charge in [-0.1, -0.05) is 34.5 Å². The highest BCUT2D eigenvalue weighted by Gasteiger charge is 2.20. The van der Waals surface area contributed by atoms with E-state index >= 15 is 0 Å². The third-order valence-electron chi connectivity index (χ3n) is 4.75. The molecule has 3 aromatic rings. The van der Waals surface area contributed by atoms with Crippen molar-refractivity contribution in [2.45, 2.75) is 32.8 Å². The van der Waals surface area contributed by atoms with E-state index in [0.29, 0.717) is 34.5 Å². The number of ether oxygens (including phenoxy) is 3. The molecule has 0 bridgehead atoms. The van der Waals surface area contributed by atoms with E-state index in [4.69, 9.17) is 21.1 Å². The van der Waals surface area contributed by atoms with Gasteiger partial charge in [0.15, 0.2) is 17.6 Å². The van der Waals surface area contributed by atoms with Gasteiger partial charge in [0, 0.05) is 10.9 Å². The maximum Gasteiger partial charge on any atom is 0.346 e. The number of aromatic nitrogens is 2. The molecule has 1 aromatic heterocycles. The van der Waals surface area contributed by atoms with E-state index in [1.807, 2.05) is 13.0 Å². The van der Waals surface area contributed by atoms with Crippen molar-refractivity contribution in [1.82, 2.24) is 9.66 Å². The first-order valence-corrected chi connectivity index (χ1v) is 11.3. The average Bonchev–Trinajstić information content (AvgIpc) is 2.80. The minimum absolute atomic E-state index is 0.204. The highest BCUT2D eigenvalue weighted by molar-refractivity contribution is 9.10. The van der Waals surface area contributed by atoms with Gasteiger partial charge in [-0.15, -0.1) is 0 Å².